The highest BCUT2D eigenvalue weighted by Crippen LogP contribution is 2.45. The van der Waals surface area contributed by atoms with Crippen LogP contribution in [0.4, 0.5) is 34.1 Å². The molecule has 0 amide bonds. The van der Waals surface area contributed by atoms with Crippen LogP contribution in [0.3, 0.4) is 0 Å². The molecule has 0 saturated carbocycles. The van der Waals surface area contributed by atoms with E-state index in [1.54, 1.807) is 0 Å². The van der Waals surface area contributed by atoms with Crippen molar-refractivity contribution in [1.29, 1.82) is 0 Å². The van der Waals surface area contributed by atoms with E-state index in [4.69, 9.17) is 4.42 Å². The van der Waals surface area contributed by atoms with Crippen molar-refractivity contribution in [2.45, 2.75) is 0 Å². The molecule has 0 saturated heterocycles. The minimum atomic E-state index is 0.905. The maximum Gasteiger partial charge on any atom is 0.136 e. The Labute approximate surface area is 353 Å². The second-order valence-corrected chi connectivity index (χ2v) is 15.7. The highest BCUT2D eigenvalue weighted by Gasteiger charge is 2.21. The lowest BCUT2D eigenvalue weighted by molar-refractivity contribution is 0.669. The van der Waals surface area contributed by atoms with Gasteiger partial charge in [-0.05, 0) is 128 Å². The third-order valence-electron chi connectivity index (χ3n) is 12.1. The average molecular weight is 779 g/mol. The van der Waals surface area contributed by atoms with Gasteiger partial charge < -0.3 is 14.2 Å². The Hall–Kier alpha value is -8.14. The summed E-state index contributed by atoms with van der Waals surface area (Å²) in [5.41, 5.74) is 10.6. The molecule has 0 spiro atoms. The summed E-state index contributed by atoms with van der Waals surface area (Å²) in [5.74, 6) is 0. The summed E-state index contributed by atoms with van der Waals surface area (Å²) in [4.78, 5) is 4.81. The molecule has 0 atom stereocenters. The zero-order valence-electron chi connectivity index (χ0n) is 33.2. The molecule has 1 aromatic heterocycles. The van der Waals surface area contributed by atoms with Crippen LogP contribution in [0, 0.1) is 0 Å². The van der Waals surface area contributed by atoms with Crippen molar-refractivity contribution in [3.05, 3.63) is 231 Å². The largest absolute Gasteiger partial charge is 0.456 e. The molecule has 3 heteroatoms. The van der Waals surface area contributed by atoms with Gasteiger partial charge >= 0.3 is 0 Å². The summed E-state index contributed by atoms with van der Waals surface area (Å²) in [7, 11) is 0. The molecular formula is C58H38N2O. The number of anilines is 6. The first kappa shape index (κ1) is 34.9. The number of benzene rings is 11. The number of fused-ring (bicyclic) bond motifs is 9. The molecule has 0 aliphatic heterocycles. The number of rotatable bonds is 7. The average Bonchev–Trinajstić information content (AvgIpc) is 3.69. The Morgan fingerprint density at radius 2 is 0.803 bits per heavy atom. The van der Waals surface area contributed by atoms with E-state index in [2.05, 4.69) is 228 Å². The van der Waals surface area contributed by atoms with Gasteiger partial charge in [0.15, 0.2) is 0 Å². The first-order chi connectivity index (χ1) is 30.2. The fourth-order valence-corrected chi connectivity index (χ4v) is 9.30. The maximum absolute atomic E-state index is 6.32. The number of nitrogens with zero attached hydrogens (tertiary/aromatic N) is 2. The van der Waals surface area contributed by atoms with Gasteiger partial charge in [0.2, 0.25) is 0 Å². The van der Waals surface area contributed by atoms with Crippen molar-refractivity contribution in [2.24, 2.45) is 0 Å². The van der Waals surface area contributed by atoms with Crippen molar-refractivity contribution in [2.75, 3.05) is 9.80 Å². The van der Waals surface area contributed by atoms with Crippen molar-refractivity contribution in [3.8, 4) is 11.1 Å². The summed E-state index contributed by atoms with van der Waals surface area (Å²) in [6.45, 7) is 0. The Balaban J connectivity index is 1.09. The third-order valence-corrected chi connectivity index (χ3v) is 12.1. The second-order valence-electron chi connectivity index (χ2n) is 15.7. The van der Waals surface area contributed by atoms with Crippen molar-refractivity contribution in [1.82, 2.24) is 0 Å². The van der Waals surface area contributed by atoms with Gasteiger partial charge in [-0.1, -0.05) is 152 Å². The molecule has 0 radical (unpaired) electrons. The van der Waals surface area contributed by atoms with Crippen LogP contribution < -0.4 is 9.80 Å². The summed E-state index contributed by atoms with van der Waals surface area (Å²) >= 11 is 0. The fraction of sp³-hybridized carbons (Fsp3) is 0. The summed E-state index contributed by atoms with van der Waals surface area (Å²) in [5, 5.41) is 11.9. The van der Waals surface area contributed by atoms with Gasteiger partial charge in [0.25, 0.3) is 0 Å². The normalized spacial score (nSPS) is 11.6. The van der Waals surface area contributed by atoms with Crippen LogP contribution in [0.5, 0.6) is 0 Å². The first-order valence-corrected chi connectivity index (χ1v) is 20.8. The second kappa shape index (κ2) is 14.3. The number of hydrogen-bond donors (Lipinski definition) is 0. The Morgan fingerprint density at radius 1 is 0.246 bits per heavy atom. The molecule has 0 aliphatic carbocycles. The molecule has 0 N–H and O–H groups in total. The molecular weight excluding hydrogens is 741 g/mol. The van der Waals surface area contributed by atoms with Crippen LogP contribution >= 0.6 is 0 Å². The zero-order chi connectivity index (χ0) is 40.3. The van der Waals surface area contributed by atoms with Gasteiger partial charge in [-0.2, -0.15) is 0 Å². The van der Waals surface area contributed by atoms with Gasteiger partial charge in [0.05, 0.1) is 5.69 Å². The highest BCUT2D eigenvalue weighted by molar-refractivity contribution is 6.17. The fourth-order valence-electron chi connectivity index (χ4n) is 9.30. The van der Waals surface area contributed by atoms with Gasteiger partial charge in [-0.25, -0.2) is 0 Å². The van der Waals surface area contributed by atoms with Gasteiger partial charge in [-0.15, -0.1) is 0 Å². The minimum Gasteiger partial charge on any atom is -0.456 e. The van der Waals surface area contributed by atoms with Gasteiger partial charge in [0, 0.05) is 44.6 Å². The smallest absolute Gasteiger partial charge is 0.136 e. The quantitative estimate of drug-likeness (QED) is 0.150. The maximum atomic E-state index is 6.32. The summed E-state index contributed by atoms with van der Waals surface area (Å²) in [6, 6.07) is 83.2. The lowest BCUT2D eigenvalue weighted by Crippen LogP contribution is -2.13. The molecule has 0 fully saturated rings. The van der Waals surface area contributed by atoms with E-state index < -0.39 is 0 Å². The highest BCUT2D eigenvalue weighted by atomic mass is 16.3. The van der Waals surface area contributed by atoms with E-state index >= 15 is 0 Å². The molecule has 0 aliphatic rings. The van der Waals surface area contributed by atoms with Crippen LogP contribution in [0.1, 0.15) is 0 Å². The van der Waals surface area contributed by atoms with E-state index in [0.717, 1.165) is 67.0 Å². The van der Waals surface area contributed by atoms with E-state index in [9.17, 15) is 0 Å². The molecule has 12 rings (SSSR count). The molecule has 1 heterocycles. The van der Waals surface area contributed by atoms with E-state index in [1.165, 1.54) is 43.3 Å². The van der Waals surface area contributed by atoms with Crippen LogP contribution in [-0.2, 0) is 0 Å². The van der Waals surface area contributed by atoms with E-state index in [-0.39, 0.29) is 0 Å². The van der Waals surface area contributed by atoms with Crippen LogP contribution in [-0.4, -0.2) is 0 Å². The predicted molar refractivity (Wildman–Crippen MR) is 259 cm³/mol. The molecule has 12 aromatic rings. The molecule has 3 nitrogen and oxygen atoms in total. The summed E-state index contributed by atoms with van der Waals surface area (Å²) in [6.07, 6.45) is 0. The summed E-state index contributed by atoms with van der Waals surface area (Å²) < 4.78 is 6.32. The van der Waals surface area contributed by atoms with Crippen LogP contribution in [0.2, 0.25) is 0 Å². The minimum absolute atomic E-state index is 0.905. The molecule has 0 unspecified atom stereocenters. The number of para-hydroxylation sites is 2. The van der Waals surface area contributed by atoms with E-state index in [0.29, 0.717) is 0 Å². The van der Waals surface area contributed by atoms with Crippen LogP contribution in [0.25, 0.3) is 76.2 Å². The third kappa shape index (κ3) is 5.98. The van der Waals surface area contributed by atoms with Crippen molar-refractivity contribution in [3.63, 3.8) is 0 Å². The topological polar surface area (TPSA) is 19.6 Å². The van der Waals surface area contributed by atoms with Crippen molar-refractivity contribution >= 4 is 99.2 Å². The molecule has 11 aromatic carbocycles. The van der Waals surface area contributed by atoms with Gasteiger partial charge in [0.1, 0.15) is 11.2 Å². The monoisotopic (exact) mass is 778 g/mol. The lowest BCUT2D eigenvalue weighted by atomic mass is 9.98. The molecule has 61 heavy (non-hydrogen) atoms. The Kier molecular flexibility index (Phi) is 8.17. The standard InChI is InChI=1S/C58H38N2O/c1-3-15-39(16-4-1)41-18-13-21-45(33-41)59(48-32-31-40-29-30-43-35-58-55(38-54(43)53(40)37-48)52-27-11-12-28-57(52)61-58)46-22-14-23-47(36-46)60(44-19-5-2-6-20-44)56-34-42-17-7-8-24-49(42)50-25-9-10-26-51(50)56/h1-38H. The first-order valence-electron chi connectivity index (χ1n) is 20.8. The van der Waals surface area contributed by atoms with Crippen LogP contribution in [0.15, 0.2) is 235 Å². The number of furan rings is 1. The zero-order valence-corrected chi connectivity index (χ0v) is 33.2. The molecule has 0 bridgehead atoms. The Bertz CT molecular complexity index is 3610. The van der Waals surface area contributed by atoms with Crippen molar-refractivity contribution < 1.29 is 4.42 Å². The molecule has 286 valence electrons. The lowest BCUT2D eigenvalue weighted by Gasteiger charge is -2.30. The number of hydrogen-bond acceptors (Lipinski definition) is 3. The Morgan fingerprint density at radius 3 is 1.64 bits per heavy atom. The predicted octanol–water partition coefficient (Wildman–Crippen LogP) is 16.8. The van der Waals surface area contributed by atoms with E-state index in [1.807, 2.05) is 12.1 Å². The SMILES string of the molecule is c1ccc(-c2cccc(N(c3cccc(N(c4ccccc4)c4cc5ccccc5c5ccccc45)c3)c3ccc4ccc5cc6oc7ccccc7c6cc5c4c3)c2)cc1. The van der Waals surface area contributed by atoms with Gasteiger partial charge in [-0.3, -0.25) is 0 Å².